The van der Waals surface area contributed by atoms with E-state index in [2.05, 4.69) is 20.5 Å². The molecular formula is C8H10N4OS. The Bertz CT molecular complexity index is 409. The molecule has 5 nitrogen and oxygen atoms in total. The van der Waals surface area contributed by atoms with E-state index in [1.165, 1.54) is 11.3 Å². The Balaban J connectivity index is 2.46. The first-order valence-corrected chi connectivity index (χ1v) is 4.94. The van der Waals surface area contributed by atoms with Crippen LogP contribution < -0.4 is 5.32 Å². The van der Waals surface area contributed by atoms with Crippen molar-refractivity contribution in [1.29, 1.82) is 0 Å². The number of nitrogens with zero attached hydrogens (tertiary/aromatic N) is 2. The molecule has 0 bridgehead atoms. The van der Waals surface area contributed by atoms with Crippen molar-refractivity contribution in [2.75, 3.05) is 12.4 Å². The zero-order valence-corrected chi connectivity index (χ0v) is 8.43. The molecule has 0 spiro atoms. The topological polar surface area (TPSA) is 73.8 Å². The summed E-state index contributed by atoms with van der Waals surface area (Å²) in [7, 11) is 1.80. The first-order valence-electron chi connectivity index (χ1n) is 4.12. The minimum Gasteiger partial charge on any atom is -0.391 e. The van der Waals surface area contributed by atoms with E-state index in [-0.39, 0.29) is 6.61 Å². The highest BCUT2D eigenvalue weighted by Gasteiger charge is 2.12. The highest BCUT2D eigenvalue weighted by molar-refractivity contribution is 7.16. The standard InChI is InChI=1S/C8H10N4OS/c1-9-8-12-7(6(4-13)14-8)5-2-10-11-3-5/h2-3,13H,4H2,1H3,(H,9,12)(H,10,11). The highest BCUT2D eigenvalue weighted by atomic mass is 32.1. The van der Waals surface area contributed by atoms with Crippen LogP contribution in [-0.2, 0) is 6.61 Å². The second kappa shape index (κ2) is 3.77. The van der Waals surface area contributed by atoms with Crippen LogP contribution >= 0.6 is 11.3 Å². The summed E-state index contributed by atoms with van der Waals surface area (Å²) in [6.45, 7) is -0.000139. The number of rotatable bonds is 3. The molecule has 0 saturated carbocycles. The highest BCUT2D eigenvalue weighted by Crippen LogP contribution is 2.30. The molecule has 14 heavy (non-hydrogen) atoms. The molecule has 74 valence electrons. The van der Waals surface area contributed by atoms with E-state index >= 15 is 0 Å². The second-order valence-electron chi connectivity index (χ2n) is 2.69. The van der Waals surface area contributed by atoms with Gasteiger partial charge < -0.3 is 10.4 Å². The van der Waals surface area contributed by atoms with Crippen molar-refractivity contribution < 1.29 is 5.11 Å². The number of aromatic nitrogens is 3. The lowest BCUT2D eigenvalue weighted by Crippen LogP contribution is -1.86. The maximum absolute atomic E-state index is 9.14. The SMILES string of the molecule is CNc1nc(-c2cn[nH]c2)c(CO)s1. The van der Waals surface area contributed by atoms with Gasteiger partial charge in [0, 0.05) is 18.8 Å². The van der Waals surface area contributed by atoms with Gasteiger partial charge in [-0.2, -0.15) is 5.10 Å². The van der Waals surface area contributed by atoms with Crippen LogP contribution in [0.4, 0.5) is 5.13 Å². The molecule has 0 fully saturated rings. The number of hydrogen-bond acceptors (Lipinski definition) is 5. The van der Waals surface area contributed by atoms with Gasteiger partial charge in [-0.05, 0) is 0 Å². The number of thiazole rings is 1. The van der Waals surface area contributed by atoms with Gasteiger partial charge in [-0.3, -0.25) is 5.10 Å². The summed E-state index contributed by atoms with van der Waals surface area (Å²) in [6, 6.07) is 0. The van der Waals surface area contributed by atoms with Gasteiger partial charge in [-0.1, -0.05) is 11.3 Å². The van der Waals surface area contributed by atoms with Crippen LogP contribution in [-0.4, -0.2) is 27.3 Å². The predicted molar refractivity (Wildman–Crippen MR) is 55.2 cm³/mol. The van der Waals surface area contributed by atoms with E-state index in [1.54, 1.807) is 19.4 Å². The van der Waals surface area contributed by atoms with Crippen molar-refractivity contribution in [2.45, 2.75) is 6.61 Å². The van der Waals surface area contributed by atoms with Crippen LogP contribution in [0.15, 0.2) is 12.4 Å². The number of aromatic amines is 1. The maximum atomic E-state index is 9.14. The molecule has 0 saturated heterocycles. The summed E-state index contributed by atoms with van der Waals surface area (Å²) in [5.74, 6) is 0. The van der Waals surface area contributed by atoms with E-state index in [4.69, 9.17) is 5.11 Å². The number of aliphatic hydroxyl groups is 1. The molecule has 2 rings (SSSR count). The van der Waals surface area contributed by atoms with Crippen LogP contribution in [0.3, 0.4) is 0 Å². The van der Waals surface area contributed by atoms with E-state index in [0.29, 0.717) is 0 Å². The quantitative estimate of drug-likeness (QED) is 0.708. The molecule has 6 heteroatoms. The third-order valence-corrected chi connectivity index (χ3v) is 2.88. The van der Waals surface area contributed by atoms with Crippen LogP contribution in [0, 0.1) is 0 Å². The van der Waals surface area contributed by atoms with E-state index < -0.39 is 0 Å². The Labute approximate surface area is 84.8 Å². The van der Waals surface area contributed by atoms with Crippen molar-refractivity contribution in [3.63, 3.8) is 0 Å². The Morgan fingerprint density at radius 1 is 1.64 bits per heavy atom. The molecular weight excluding hydrogens is 200 g/mol. The van der Waals surface area contributed by atoms with Crippen molar-refractivity contribution in [1.82, 2.24) is 15.2 Å². The Morgan fingerprint density at radius 2 is 2.50 bits per heavy atom. The molecule has 0 atom stereocenters. The summed E-state index contributed by atoms with van der Waals surface area (Å²) in [5, 5.41) is 19.5. The minimum absolute atomic E-state index is 0.000139. The Morgan fingerprint density at radius 3 is 3.07 bits per heavy atom. The molecule has 0 unspecified atom stereocenters. The van der Waals surface area contributed by atoms with Crippen molar-refractivity contribution >= 4 is 16.5 Å². The molecule has 0 radical (unpaired) electrons. The van der Waals surface area contributed by atoms with Crippen molar-refractivity contribution in [3.8, 4) is 11.3 Å². The third kappa shape index (κ3) is 1.49. The Hall–Kier alpha value is -1.40. The molecule has 3 N–H and O–H groups in total. The average molecular weight is 210 g/mol. The second-order valence-corrected chi connectivity index (χ2v) is 3.77. The summed E-state index contributed by atoms with van der Waals surface area (Å²) < 4.78 is 0. The largest absolute Gasteiger partial charge is 0.391 e. The predicted octanol–water partition coefficient (Wildman–Crippen LogP) is 1.07. The van der Waals surface area contributed by atoms with Gasteiger partial charge in [0.2, 0.25) is 0 Å². The van der Waals surface area contributed by atoms with Crippen LogP contribution in [0.5, 0.6) is 0 Å². The molecule has 2 aromatic heterocycles. The fraction of sp³-hybridized carbons (Fsp3) is 0.250. The van der Waals surface area contributed by atoms with Crippen LogP contribution in [0.25, 0.3) is 11.3 Å². The van der Waals surface area contributed by atoms with Crippen molar-refractivity contribution in [2.24, 2.45) is 0 Å². The van der Waals surface area contributed by atoms with Gasteiger partial charge in [-0.15, -0.1) is 0 Å². The monoisotopic (exact) mass is 210 g/mol. The van der Waals surface area contributed by atoms with Crippen molar-refractivity contribution in [3.05, 3.63) is 17.3 Å². The molecule has 2 aromatic rings. The van der Waals surface area contributed by atoms with E-state index in [9.17, 15) is 0 Å². The van der Waals surface area contributed by atoms with Gasteiger partial charge in [-0.25, -0.2) is 4.98 Å². The van der Waals surface area contributed by atoms with E-state index in [1.807, 2.05) is 0 Å². The van der Waals surface area contributed by atoms with E-state index in [0.717, 1.165) is 21.3 Å². The molecule has 0 amide bonds. The minimum atomic E-state index is -0.000139. The Kier molecular flexibility index (Phi) is 2.47. The van der Waals surface area contributed by atoms with Gasteiger partial charge in [0.25, 0.3) is 0 Å². The zero-order valence-electron chi connectivity index (χ0n) is 7.61. The molecule has 0 aliphatic rings. The average Bonchev–Trinajstić information content (AvgIpc) is 2.85. The summed E-state index contributed by atoms with van der Waals surface area (Å²) in [4.78, 5) is 5.17. The van der Waals surface area contributed by atoms with Gasteiger partial charge in [0.15, 0.2) is 5.13 Å². The first-order chi connectivity index (χ1) is 6.85. The lowest BCUT2D eigenvalue weighted by molar-refractivity contribution is 0.286. The fourth-order valence-corrected chi connectivity index (χ4v) is 1.97. The number of anilines is 1. The number of H-pyrrole nitrogens is 1. The number of hydrogen-bond donors (Lipinski definition) is 3. The molecule has 0 aliphatic heterocycles. The summed E-state index contributed by atoms with van der Waals surface area (Å²) >= 11 is 1.44. The number of aliphatic hydroxyl groups excluding tert-OH is 1. The summed E-state index contributed by atoms with van der Waals surface area (Å²) in [5.41, 5.74) is 1.68. The molecule has 0 aliphatic carbocycles. The van der Waals surface area contributed by atoms with Gasteiger partial charge in [0.1, 0.15) is 0 Å². The van der Waals surface area contributed by atoms with Gasteiger partial charge in [0.05, 0.1) is 23.4 Å². The van der Waals surface area contributed by atoms with Crippen LogP contribution in [0.2, 0.25) is 0 Å². The summed E-state index contributed by atoms with van der Waals surface area (Å²) in [6.07, 6.45) is 3.45. The third-order valence-electron chi connectivity index (χ3n) is 1.83. The normalized spacial score (nSPS) is 10.4. The molecule has 2 heterocycles. The zero-order chi connectivity index (χ0) is 9.97. The lowest BCUT2D eigenvalue weighted by atomic mass is 10.2. The number of nitrogens with one attached hydrogen (secondary N) is 2. The first kappa shape index (κ1) is 9.17. The fourth-order valence-electron chi connectivity index (χ4n) is 1.17. The van der Waals surface area contributed by atoms with Crippen LogP contribution in [0.1, 0.15) is 4.88 Å². The lowest BCUT2D eigenvalue weighted by Gasteiger charge is -1.92. The molecule has 0 aromatic carbocycles. The smallest absolute Gasteiger partial charge is 0.183 e. The van der Waals surface area contributed by atoms with Gasteiger partial charge >= 0.3 is 0 Å². The maximum Gasteiger partial charge on any atom is 0.183 e.